The third-order valence-corrected chi connectivity index (χ3v) is 6.18. The van der Waals surface area contributed by atoms with Crippen LogP contribution in [0.25, 0.3) is 0 Å². The number of amides is 3. The molecule has 28 heavy (non-hydrogen) atoms. The number of carbonyl (C=O) groups is 3. The van der Waals surface area contributed by atoms with Crippen LogP contribution in [-0.2, 0) is 27.4 Å². The number of hydrogen-bond donors (Lipinski definition) is 2. The molecule has 0 aromatic heterocycles. The molecule has 2 N–H and O–H groups in total. The van der Waals surface area contributed by atoms with Crippen molar-refractivity contribution >= 4 is 17.7 Å². The van der Waals surface area contributed by atoms with E-state index in [2.05, 4.69) is 21.6 Å². The van der Waals surface area contributed by atoms with E-state index in [9.17, 15) is 14.4 Å². The van der Waals surface area contributed by atoms with Gasteiger partial charge in [-0.1, -0.05) is 12.1 Å². The number of ether oxygens (including phenoxy) is 1. The number of carbonyl (C=O) groups excluding carboxylic acids is 3. The second-order valence-electron chi connectivity index (χ2n) is 8.06. The van der Waals surface area contributed by atoms with Gasteiger partial charge in [-0.2, -0.15) is 0 Å². The van der Waals surface area contributed by atoms with E-state index in [4.69, 9.17) is 4.74 Å². The summed E-state index contributed by atoms with van der Waals surface area (Å²) in [6, 6.07) is 5.78. The molecule has 8 heteroatoms. The molecule has 3 amide bonds. The van der Waals surface area contributed by atoms with Gasteiger partial charge in [0.2, 0.25) is 11.8 Å². The van der Waals surface area contributed by atoms with Crippen molar-refractivity contribution in [3.63, 3.8) is 0 Å². The highest BCUT2D eigenvalue weighted by Crippen LogP contribution is 2.29. The molecular formula is C20H24N4O4. The SMILES string of the molecule is O=C1CCC(N2Cc3cc(CN4C[C@@H]5NCCO[C@@H]5C4)ccc3C2=O)C(=O)N1. The molecule has 1 aromatic carbocycles. The van der Waals surface area contributed by atoms with Crippen LogP contribution in [0.4, 0.5) is 0 Å². The first-order chi connectivity index (χ1) is 13.6. The van der Waals surface area contributed by atoms with Crippen molar-refractivity contribution in [3.05, 3.63) is 34.9 Å². The summed E-state index contributed by atoms with van der Waals surface area (Å²) in [6.07, 6.45) is 0.920. The van der Waals surface area contributed by atoms with E-state index in [0.29, 0.717) is 24.6 Å². The Bertz CT molecular complexity index is 827. The van der Waals surface area contributed by atoms with Crippen LogP contribution >= 0.6 is 0 Å². The predicted octanol–water partition coefficient (Wildman–Crippen LogP) is -0.380. The summed E-state index contributed by atoms with van der Waals surface area (Å²) in [5, 5.41) is 5.86. The maximum atomic E-state index is 12.8. The smallest absolute Gasteiger partial charge is 0.255 e. The van der Waals surface area contributed by atoms with Gasteiger partial charge in [0.15, 0.2) is 0 Å². The Labute approximate surface area is 163 Å². The Morgan fingerprint density at radius 2 is 2.07 bits per heavy atom. The summed E-state index contributed by atoms with van der Waals surface area (Å²) in [4.78, 5) is 40.3. The molecule has 0 aliphatic carbocycles. The summed E-state index contributed by atoms with van der Waals surface area (Å²) in [7, 11) is 0. The van der Waals surface area contributed by atoms with E-state index in [-0.39, 0.29) is 30.2 Å². The molecule has 0 spiro atoms. The Morgan fingerprint density at radius 1 is 1.18 bits per heavy atom. The van der Waals surface area contributed by atoms with Gasteiger partial charge in [0.05, 0.1) is 12.7 Å². The molecule has 0 radical (unpaired) electrons. The molecule has 1 unspecified atom stereocenters. The van der Waals surface area contributed by atoms with Gasteiger partial charge >= 0.3 is 0 Å². The van der Waals surface area contributed by atoms with Crippen molar-refractivity contribution in [1.29, 1.82) is 0 Å². The maximum absolute atomic E-state index is 12.8. The highest BCUT2D eigenvalue weighted by molar-refractivity contribution is 6.05. The molecule has 5 rings (SSSR count). The van der Waals surface area contributed by atoms with E-state index in [0.717, 1.165) is 43.9 Å². The number of piperidine rings is 1. The maximum Gasteiger partial charge on any atom is 0.255 e. The number of likely N-dealkylation sites (tertiary alicyclic amines) is 1. The van der Waals surface area contributed by atoms with Gasteiger partial charge in [-0.05, 0) is 23.6 Å². The normalized spacial score (nSPS) is 30.4. The van der Waals surface area contributed by atoms with Crippen LogP contribution in [0.1, 0.15) is 34.3 Å². The molecule has 4 heterocycles. The van der Waals surface area contributed by atoms with Crippen molar-refractivity contribution in [2.45, 2.75) is 44.1 Å². The van der Waals surface area contributed by atoms with Gasteiger partial charge in [0, 0.05) is 50.7 Å². The van der Waals surface area contributed by atoms with Gasteiger partial charge in [-0.15, -0.1) is 0 Å². The molecule has 0 saturated carbocycles. The standard InChI is InChI=1S/C20H24N4O4/c25-18-4-3-16(19(26)22-18)24-9-13-7-12(1-2-14(13)20(24)27)8-23-10-15-17(11-23)28-6-5-21-15/h1-2,7,15-17,21H,3-6,8-11H2,(H,22,25,26)/t15-,16?,17+/m0/s1. The van der Waals surface area contributed by atoms with E-state index in [1.165, 1.54) is 0 Å². The van der Waals surface area contributed by atoms with E-state index in [1.807, 2.05) is 12.1 Å². The lowest BCUT2D eigenvalue weighted by Gasteiger charge is -2.29. The van der Waals surface area contributed by atoms with Crippen LogP contribution in [0.15, 0.2) is 18.2 Å². The molecule has 4 aliphatic rings. The van der Waals surface area contributed by atoms with Gasteiger partial charge in [0.1, 0.15) is 6.04 Å². The first-order valence-corrected chi connectivity index (χ1v) is 9.92. The Hall–Kier alpha value is -2.29. The highest BCUT2D eigenvalue weighted by atomic mass is 16.5. The number of fused-ring (bicyclic) bond motifs is 2. The monoisotopic (exact) mass is 384 g/mol. The van der Waals surface area contributed by atoms with Gasteiger partial charge in [-0.3, -0.25) is 24.6 Å². The fourth-order valence-corrected chi connectivity index (χ4v) is 4.78. The molecule has 3 saturated heterocycles. The second kappa shape index (κ2) is 6.95. The number of hydrogen-bond acceptors (Lipinski definition) is 6. The molecule has 148 valence electrons. The summed E-state index contributed by atoms with van der Waals surface area (Å²) in [5.74, 6) is -0.761. The fourth-order valence-electron chi connectivity index (χ4n) is 4.78. The zero-order chi connectivity index (χ0) is 19.3. The van der Waals surface area contributed by atoms with Crippen LogP contribution in [-0.4, -0.2) is 72.0 Å². The number of nitrogens with zero attached hydrogens (tertiary/aromatic N) is 2. The Balaban J connectivity index is 1.28. The second-order valence-corrected chi connectivity index (χ2v) is 8.06. The van der Waals surface area contributed by atoms with Gasteiger partial charge in [-0.25, -0.2) is 0 Å². The quantitative estimate of drug-likeness (QED) is 0.691. The predicted molar refractivity (Wildman–Crippen MR) is 99.3 cm³/mol. The minimum absolute atomic E-state index is 0.124. The molecule has 0 bridgehead atoms. The largest absolute Gasteiger partial charge is 0.374 e. The Morgan fingerprint density at radius 3 is 2.89 bits per heavy atom. The average Bonchev–Trinajstić information content (AvgIpc) is 3.22. The number of imide groups is 1. The van der Waals surface area contributed by atoms with Gasteiger partial charge < -0.3 is 15.0 Å². The first kappa shape index (κ1) is 17.8. The van der Waals surface area contributed by atoms with Crippen LogP contribution in [0.2, 0.25) is 0 Å². The first-order valence-electron chi connectivity index (χ1n) is 9.92. The summed E-state index contributed by atoms with van der Waals surface area (Å²) in [5.41, 5.74) is 2.78. The third-order valence-electron chi connectivity index (χ3n) is 6.18. The number of benzene rings is 1. The lowest BCUT2D eigenvalue weighted by molar-refractivity contribution is -0.136. The Kier molecular flexibility index (Phi) is 4.41. The highest BCUT2D eigenvalue weighted by Gasteiger charge is 2.39. The number of rotatable bonds is 3. The van der Waals surface area contributed by atoms with Crippen molar-refractivity contribution in [2.24, 2.45) is 0 Å². The molecule has 3 atom stereocenters. The summed E-state index contributed by atoms with van der Waals surface area (Å²) in [6.45, 7) is 4.79. The summed E-state index contributed by atoms with van der Waals surface area (Å²) < 4.78 is 5.84. The lowest BCUT2D eigenvalue weighted by atomic mass is 10.0. The van der Waals surface area contributed by atoms with Crippen LogP contribution in [0.5, 0.6) is 0 Å². The zero-order valence-electron chi connectivity index (χ0n) is 15.6. The summed E-state index contributed by atoms with van der Waals surface area (Å²) >= 11 is 0. The van der Waals surface area contributed by atoms with Crippen molar-refractivity contribution in [2.75, 3.05) is 26.2 Å². The fraction of sp³-hybridized carbons (Fsp3) is 0.550. The molecule has 1 aromatic rings. The molecule has 8 nitrogen and oxygen atoms in total. The average molecular weight is 384 g/mol. The van der Waals surface area contributed by atoms with Crippen LogP contribution in [0, 0.1) is 0 Å². The van der Waals surface area contributed by atoms with E-state index in [1.54, 1.807) is 4.90 Å². The molecular weight excluding hydrogens is 360 g/mol. The zero-order valence-corrected chi connectivity index (χ0v) is 15.6. The van der Waals surface area contributed by atoms with E-state index >= 15 is 0 Å². The lowest BCUT2D eigenvalue weighted by Crippen LogP contribution is -2.52. The third kappa shape index (κ3) is 3.11. The van der Waals surface area contributed by atoms with Crippen LogP contribution in [0.3, 0.4) is 0 Å². The van der Waals surface area contributed by atoms with Crippen molar-refractivity contribution in [1.82, 2.24) is 20.4 Å². The number of morpholine rings is 1. The van der Waals surface area contributed by atoms with Crippen molar-refractivity contribution in [3.8, 4) is 0 Å². The minimum Gasteiger partial charge on any atom is -0.374 e. The molecule has 3 fully saturated rings. The number of nitrogens with one attached hydrogen (secondary N) is 2. The van der Waals surface area contributed by atoms with Gasteiger partial charge in [0.25, 0.3) is 5.91 Å². The van der Waals surface area contributed by atoms with Crippen LogP contribution < -0.4 is 10.6 Å². The van der Waals surface area contributed by atoms with E-state index < -0.39 is 6.04 Å². The van der Waals surface area contributed by atoms with Crippen molar-refractivity contribution < 1.29 is 19.1 Å². The molecule has 4 aliphatic heterocycles. The topological polar surface area (TPSA) is 91.0 Å². The minimum atomic E-state index is -0.564.